The highest BCUT2D eigenvalue weighted by molar-refractivity contribution is 4.58. The molecule has 6 heteroatoms. The minimum Gasteiger partial charge on any atom is -0.380 e. The maximum atomic E-state index is 11.7. The van der Waals surface area contributed by atoms with Gasteiger partial charge in [-0.15, -0.1) is 0 Å². The Morgan fingerprint density at radius 2 is 1.94 bits per heavy atom. The quantitative estimate of drug-likeness (QED) is 0.628. The zero-order valence-electron chi connectivity index (χ0n) is 9.77. The number of ether oxygens (including phenoxy) is 2. The van der Waals surface area contributed by atoms with Crippen LogP contribution >= 0.6 is 0 Å². The van der Waals surface area contributed by atoms with Crippen molar-refractivity contribution in [1.29, 1.82) is 0 Å². The van der Waals surface area contributed by atoms with E-state index in [9.17, 15) is 13.2 Å². The summed E-state index contributed by atoms with van der Waals surface area (Å²) in [6.07, 6.45) is -3.66. The molecule has 0 aliphatic rings. The second-order valence-electron chi connectivity index (χ2n) is 3.54. The first-order valence-corrected chi connectivity index (χ1v) is 5.41. The van der Waals surface area contributed by atoms with Crippen LogP contribution in [0.15, 0.2) is 0 Å². The molecule has 3 nitrogen and oxygen atoms in total. The number of hydrogen-bond acceptors (Lipinski definition) is 3. The van der Waals surface area contributed by atoms with Gasteiger partial charge in [0.1, 0.15) is 6.61 Å². The summed E-state index contributed by atoms with van der Waals surface area (Å²) in [4.78, 5) is 0. The molecular weight excluding hydrogens is 223 g/mol. The number of hydrogen-bond donors (Lipinski definition) is 1. The topological polar surface area (TPSA) is 30.5 Å². The summed E-state index contributed by atoms with van der Waals surface area (Å²) < 4.78 is 44.7. The minimum absolute atomic E-state index is 0.119. The van der Waals surface area contributed by atoms with Crippen molar-refractivity contribution in [3.05, 3.63) is 0 Å². The Morgan fingerprint density at radius 3 is 2.50 bits per heavy atom. The van der Waals surface area contributed by atoms with Gasteiger partial charge < -0.3 is 14.8 Å². The smallest absolute Gasteiger partial charge is 0.380 e. The predicted octanol–water partition coefficient (Wildman–Crippen LogP) is 1.97. The second-order valence-corrected chi connectivity index (χ2v) is 3.54. The van der Waals surface area contributed by atoms with Crippen LogP contribution in [0.4, 0.5) is 13.2 Å². The van der Waals surface area contributed by atoms with Gasteiger partial charge in [0, 0.05) is 19.3 Å². The van der Waals surface area contributed by atoms with Crippen molar-refractivity contribution in [2.75, 3.05) is 33.0 Å². The molecule has 16 heavy (non-hydrogen) atoms. The molecule has 0 amide bonds. The van der Waals surface area contributed by atoms with E-state index < -0.39 is 12.8 Å². The Hall–Kier alpha value is -0.330. The van der Waals surface area contributed by atoms with Crippen LogP contribution in [0.2, 0.25) is 0 Å². The number of alkyl halides is 3. The maximum Gasteiger partial charge on any atom is 0.411 e. The lowest BCUT2D eigenvalue weighted by Crippen LogP contribution is -2.32. The van der Waals surface area contributed by atoms with Crippen LogP contribution in [0.25, 0.3) is 0 Å². The first kappa shape index (κ1) is 15.7. The molecule has 0 aliphatic carbocycles. The van der Waals surface area contributed by atoms with Gasteiger partial charge in [-0.1, -0.05) is 0 Å². The van der Waals surface area contributed by atoms with Crippen LogP contribution in [-0.4, -0.2) is 45.2 Å². The van der Waals surface area contributed by atoms with Crippen molar-refractivity contribution in [2.45, 2.75) is 32.5 Å². The fourth-order valence-corrected chi connectivity index (χ4v) is 1.06. The zero-order valence-corrected chi connectivity index (χ0v) is 9.77. The third-order valence-electron chi connectivity index (χ3n) is 1.80. The highest BCUT2D eigenvalue weighted by Crippen LogP contribution is 2.14. The van der Waals surface area contributed by atoms with Crippen LogP contribution in [-0.2, 0) is 9.47 Å². The molecule has 1 atom stereocenters. The van der Waals surface area contributed by atoms with Gasteiger partial charge in [0.2, 0.25) is 0 Å². The van der Waals surface area contributed by atoms with Crippen LogP contribution in [0.1, 0.15) is 20.3 Å². The molecule has 0 saturated heterocycles. The molecule has 0 spiro atoms. The van der Waals surface area contributed by atoms with Crippen molar-refractivity contribution in [3.8, 4) is 0 Å². The summed E-state index contributed by atoms with van der Waals surface area (Å²) in [6.45, 7) is 4.74. The molecule has 0 aliphatic heterocycles. The normalized spacial score (nSPS) is 14.1. The standard InChI is InChI=1S/C10H20F3NO2/c1-3-15-7-9(2)14-5-4-6-16-8-10(11,12)13/h9,14H,3-8H2,1-2H3. The van der Waals surface area contributed by atoms with Crippen LogP contribution in [0.5, 0.6) is 0 Å². The van der Waals surface area contributed by atoms with E-state index in [1.165, 1.54) is 0 Å². The van der Waals surface area contributed by atoms with E-state index in [0.717, 1.165) is 0 Å². The summed E-state index contributed by atoms with van der Waals surface area (Å²) in [5.41, 5.74) is 0. The van der Waals surface area contributed by atoms with E-state index in [-0.39, 0.29) is 12.6 Å². The van der Waals surface area contributed by atoms with Crippen LogP contribution < -0.4 is 5.32 Å². The van der Waals surface area contributed by atoms with Gasteiger partial charge in [-0.3, -0.25) is 0 Å². The summed E-state index contributed by atoms with van der Waals surface area (Å²) in [5, 5.41) is 3.13. The van der Waals surface area contributed by atoms with Gasteiger partial charge in [0.05, 0.1) is 6.61 Å². The fraction of sp³-hybridized carbons (Fsp3) is 1.00. The molecular formula is C10H20F3NO2. The molecule has 0 fully saturated rings. The molecule has 0 saturated carbocycles. The number of nitrogens with one attached hydrogen (secondary N) is 1. The third-order valence-corrected chi connectivity index (χ3v) is 1.80. The maximum absolute atomic E-state index is 11.7. The molecule has 0 aromatic heterocycles. The lowest BCUT2D eigenvalue weighted by Gasteiger charge is -2.13. The van der Waals surface area contributed by atoms with Gasteiger partial charge in [-0.25, -0.2) is 0 Å². The van der Waals surface area contributed by atoms with Crippen molar-refractivity contribution in [2.24, 2.45) is 0 Å². The molecule has 0 bridgehead atoms. The Bertz CT molecular complexity index is 165. The molecule has 0 radical (unpaired) electrons. The Balaban J connectivity index is 3.20. The third kappa shape index (κ3) is 11.7. The SMILES string of the molecule is CCOCC(C)NCCCOCC(F)(F)F. The van der Waals surface area contributed by atoms with Crippen molar-refractivity contribution in [1.82, 2.24) is 5.32 Å². The Morgan fingerprint density at radius 1 is 1.25 bits per heavy atom. The van der Waals surface area contributed by atoms with E-state index in [0.29, 0.717) is 26.2 Å². The van der Waals surface area contributed by atoms with E-state index in [2.05, 4.69) is 10.1 Å². The Labute approximate surface area is 94.3 Å². The molecule has 1 unspecified atom stereocenters. The van der Waals surface area contributed by atoms with Gasteiger partial charge in [0.25, 0.3) is 0 Å². The summed E-state index contributed by atoms with van der Waals surface area (Å²) in [6, 6.07) is 0.211. The van der Waals surface area contributed by atoms with Gasteiger partial charge >= 0.3 is 6.18 Å². The van der Waals surface area contributed by atoms with Crippen molar-refractivity contribution in [3.63, 3.8) is 0 Å². The lowest BCUT2D eigenvalue weighted by molar-refractivity contribution is -0.173. The molecule has 1 N–H and O–H groups in total. The van der Waals surface area contributed by atoms with Gasteiger partial charge in [-0.2, -0.15) is 13.2 Å². The fourth-order valence-electron chi connectivity index (χ4n) is 1.06. The minimum atomic E-state index is -4.23. The van der Waals surface area contributed by atoms with E-state index in [4.69, 9.17) is 4.74 Å². The first-order valence-electron chi connectivity index (χ1n) is 5.41. The lowest BCUT2D eigenvalue weighted by atomic mass is 10.3. The van der Waals surface area contributed by atoms with Crippen molar-refractivity contribution < 1.29 is 22.6 Å². The largest absolute Gasteiger partial charge is 0.411 e. The molecule has 98 valence electrons. The average molecular weight is 243 g/mol. The first-order chi connectivity index (χ1) is 7.45. The van der Waals surface area contributed by atoms with E-state index in [1.54, 1.807) is 0 Å². The highest BCUT2D eigenvalue weighted by atomic mass is 19.4. The predicted molar refractivity (Wildman–Crippen MR) is 55.4 cm³/mol. The molecule has 0 aromatic carbocycles. The van der Waals surface area contributed by atoms with Gasteiger partial charge in [0.15, 0.2) is 0 Å². The summed E-state index contributed by atoms with van der Waals surface area (Å²) in [7, 11) is 0. The Kier molecular flexibility index (Phi) is 8.60. The monoisotopic (exact) mass is 243 g/mol. The van der Waals surface area contributed by atoms with Gasteiger partial charge in [-0.05, 0) is 26.8 Å². The molecule has 0 rings (SSSR count). The van der Waals surface area contributed by atoms with Crippen LogP contribution in [0, 0.1) is 0 Å². The van der Waals surface area contributed by atoms with E-state index >= 15 is 0 Å². The average Bonchev–Trinajstić information content (AvgIpc) is 2.18. The van der Waals surface area contributed by atoms with Crippen molar-refractivity contribution >= 4 is 0 Å². The zero-order chi connectivity index (χ0) is 12.4. The number of halogens is 3. The van der Waals surface area contributed by atoms with E-state index in [1.807, 2.05) is 13.8 Å². The molecule has 0 aromatic rings. The highest BCUT2D eigenvalue weighted by Gasteiger charge is 2.27. The second kappa shape index (κ2) is 8.78. The summed E-state index contributed by atoms with van der Waals surface area (Å²) >= 11 is 0. The molecule has 0 heterocycles. The summed E-state index contributed by atoms with van der Waals surface area (Å²) in [5.74, 6) is 0. The number of rotatable bonds is 9. The van der Waals surface area contributed by atoms with Crippen LogP contribution in [0.3, 0.4) is 0 Å².